The normalized spacial score (nSPS) is 14.2. The van der Waals surface area contributed by atoms with Crippen LogP contribution in [0.2, 0.25) is 0 Å². The van der Waals surface area contributed by atoms with Gasteiger partial charge in [0.2, 0.25) is 0 Å². The summed E-state index contributed by atoms with van der Waals surface area (Å²) in [7, 11) is -4.78. The average Bonchev–Trinajstić information content (AvgIpc) is 3.43. The summed E-state index contributed by atoms with van der Waals surface area (Å²) >= 11 is 0. The van der Waals surface area contributed by atoms with Crippen LogP contribution in [-0.4, -0.2) is 66.5 Å². The molecule has 0 saturated carbocycles. The maximum atomic E-state index is 12.9. The Morgan fingerprint density at radius 2 is 0.718 bits per heavy atom. The van der Waals surface area contributed by atoms with Crippen molar-refractivity contribution in [3.63, 3.8) is 0 Å². The molecule has 11 nitrogen and oxygen atoms in total. The average molecular weight is 1110 g/mol. The van der Waals surface area contributed by atoms with E-state index in [1.807, 2.05) is 12.2 Å². The van der Waals surface area contributed by atoms with Crippen LogP contribution in [0.1, 0.15) is 239 Å². The first kappa shape index (κ1) is 73.9. The summed E-state index contributed by atoms with van der Waals surface area (Å²) in [4.78, 5) is 48.6. The summed E-state index contributed by atoms with van der Waals surface area (Å²) in [5, 5.41) is 9.82. The molecule has 0 heterocycles. The van der Waals surface area contributed by atoms with Crippen LogP contribution in [0.3, 0.4) is 0 Å². The molecule has 0 amide bonds. The standard InChI is InChI=1S/C66H109O11P/c1-4-7-10-13-16-19-22-25-27-29-31-33-35-38-40-43-46-49-52-55-64(68)73-59-63(77-66(70)57-54-51-48-45-42-39-36-34-32-30-28-26-23-20-17-14-11-8-5-2)61-75-78(71,72)74-60-62(58-67)76-65(69)56-53-50-47-44-41-37-24-21-18-15-12-9-6-3/h7,10,12,15-17,19-21,24-28,31,33,38,40,46,49,62-63,67H,4-6,8-9,11,13-14,18,22-23,29-30,32,34-37,39,41-45,47-48,50-61H2,1-3H3,(H,71,72)/b10-7-,15-12-,19-16-,20-17-,24-21-,27-25-,28-26-,33-31-,40-38-,49-46-. The number of aliphatic hydroxyl groups is 1. The molecule has 444 valence electrons. The van der Waals surface area contributed by atoms with Crippen LogP contribution in [0.4, 0.5) is 0 Å². The highest BCUT2D eigenvalue weighted by Gasteiger charge is 2.28. The lowest BCUT2D eigenvalue weighted by atomic mass is 10.1. The molecular weight excluding hydrogens is 1000 g/mol. The van der Waals surface area contributed by atoms with Gasteiger partial charge in [-0.05, 0) is 116 Å². The smallest absolute Gasteiger partial charge is 0.462 e. The van der Waals surface area contributed by atoms with Gasteiger partial charge >= 0.3 is 25.7 Å². The van der Waals surface area contributed by atoms with Gasteiger partial charge < -0.3 is 24.2 Å². The van der Waals surface area contributed by atoms with E-state index >= 15 is 0 Å². The number of phosphoric acid groups is 1. The molecule has 0 saturated heterocycles. The highest BCUT2D eigenvalue weighted by Crippen LogP contribution is 2.43. The van der Waals surface area contributed by atoms with Gasteiger partial charge in [-0.25, -0.2) is 4.57 Å². The topological polar surface area (TPSA) is 155 Å². The van der Waals surface area contributed by atoms with Gasteiger partial charge in [-0.15, -0.1) is 0 Å². The van der Waals surface area contributed by atoms with Gasteiger partial charge in [0.1, 0.15) is 12.7 Å². The Morgan fingerprint density at radius 3 is 1.13 bits per heavy atom. The van der Waals surface area contributed by atoms with E-state index in [0.29, 0.717) is 19.3 Å². The quantitative estimate of drug-likeness (QED) is 0.0197. The van der Waals surface area contributed by atoms with Crippen LogP contribution in [0.25, 0.3) is 0 Å². The molecule has 12 heteroatoms. The van der Waals surface area contributed by atoms with E-state index in [4.69, 9.17) is 23.3 Å². The minimum absolute atomic E-state index is 0.0940. The van der Waals surface area contributed by atoms with E-state index in [0.717, 1.165) is 128 Å². The molecule has 78 heavy (non-hydrogen) atoms. The largest absolute Gasteiger partial charge is 0.472 e. The number of aliphatic hydroxyl groups excluding tert-OH is 1. The van der Waals surface area contributed by atoms with Gasteiger partial charge in [-0.2, -0.15) is 0 Å². The third-order valence-corrected chi connectivity index (χ3v) is 13.3. The highest BCUT2D eigenvalue weighted by atomic mass is 31.2. The Hall–Kier alpha value is -4.12. The number of rotatable bonds is 55. The lowest BCUT2D eigenvalue weighted by Gasteiger charge is -2.21. The Labute approximate surface area is 475 Å². The predicted octanol–water partition coefficient (Wildman–Crippen LogP) is 18.4. The number of phosphoric ester groups is 1. The van der Waals surface area contributed by atoms with E-state index in [1.165, 1.54) is 51.4 Å². The maximum Gasteiger partial charge on any atom is 0.472 e. The van der Waals surface area contributed by atoms with Gasteiger partial charge in [0.15, 0.2) is 6.10 Å². The van der Waals surface area contributed by atoms with Gasteiger partial charge in [0.25, 0.3) is 0 Å². The number of ether oxygens (including phenoxy) is 3. The fourth-order valence-corrected chi connectivity index (χ4v) is 8.53. The predicted molar refractivity (Wildman–Crippen MR) is 325 cm³/mol. The van der Waals surface area contributed by atoms with Crippen LogP contribution < -0.4 is 0 Å². The van der Waals surface area contributed by atoms with Crippen molar-refractivity contribution in [2.75, 3.05) is 26.4 Å². The van der Waals surface area contributed by atoms with Gasteiger partial charge in [-0.1, -0.05) is 226 Å². The number of carbonyl (C=O) groups is 3. The molecule has 0 aromatic carbocycles. The SMILES string of the molecule is CC/C=C\C/C=C\C/C=C\C/C=C\C/C=C\C/C=C\CCC(=O)OCC(COP(=O)(O)OCC(CO)OC(=O)CCCCCCC/C=C\C/C=C\CCC)OC(=O)CCCCCCCCCCC/C=C\C/C=C\CCCCC. The molecule has 0 aliphatic heterocycles. The second kappa shape index (κ2) is 59.0. The fraction of sp³-hybridized carbons (Fsp3) is 0.652. The monoisotopic (exact) mass is 1110 g/mol. The van der Waals surface area contributed by atoms with Crippen LogP contribution in [0, 0.1) is 0 Å². The number of esters is 3. The Bertz CT molecular complexity index is 1770. The number of hydrogen-bond acceptors (Lipinski definition) is 10. The maximum absolute atomic E-state index is 12.9. The lowest BCUT2D eigenvalue weighted by Crippen LogP contribution is -2.30. The Morgan fingerprint density at radius 1 is 0.372 bits per heavy atom. The van der Waals surface area contributed by atoms with Crippen molar-refractivity contribution < 1.29 is 52.2 Å². The zero-order valence-electron chi connectivity index (χ0n) is 49.1. The van der Waals surface area contributed by atoms with E-state index < -0.39 is 57.8 Å². The first-order chi connectivity index (χ1) is 38.2. The highest BCUT2D eigenvalue weighted by molar-refractivity contribution is 7.47. The molecule has 0 fully saturated rings. The van der Waals surface area contributed by atoms with Crippen LogP contribution in [-0.2, 0) is 42.2 Å². The first-order valence-corrected chi connectivity index (χ1v) is 31.9. The lowest BCUT2D eigenvalue weighted by molar-refractivity contribution is -0.161. The summed E-state index contributed by atoms with van der Waals surface area (Å²) in [6.07, 6.45) is 73.1. The van der Waals surface area contributed by atoms with Gasteiger partial charge in [0.05, 0.1) is 19.8 Å². The Kier molecular flexibility index (Phi) is 55.9. The van der Waals surface area contributed by atoms with Crippen molar-refractivity contribution in [2.45, 2.75) is 251 Å². The fourth-order valence-electron chi connectivity index (χ4n) is 7.74. The molecule has 0 rings (SSSR count). The zero-order valence-corrected chi connectivity index (χ0v) is 50.0. The molecular formula is C66H109O11P. The molecule has 0 aromatic heterocycles. The minimum atomic E-state index is -4.78. The van der Waals surface area contributed by atoms with E-state index in [-0.39, 0.29) is 25.9 Å². The summed E-state index contributed by atoms with van der Waals surface area (Å²) in [6, 6.07) is 0. The van der Waals surface area contributed by atoms with E-state index in [1.54, 1.807) is 0 Å². The molecule has 0 bridgehead atoms. The molecule has 2 N–H and O–H groups in total. The second-order valence-electron chi connectivity index (χ2n) is 19.8. The number of carbonyl (C=O) groups excluding carboxylic acids is 3. The molecule has 3 unspecified atom stereocenters. The zero-order chi connectivity index (χ0) is 56.9. The van der Waals surface area contributed by atoms with Crippen LogP contribution in [0.5, 0.6) is 0 Å². The van der Waals surface area contributed by atoms with Crippen molar-refractivity contribution in [1.29, 1.82) is 0 Å². The van der Waals surface area contributed by atoms with Gasteiger partial charge in [-0.3, -0.25) is 23.4 Å². The van der Waals surface area contributed by atoms with Crippen molar-refractivity contribution in [1.82, 2.24) is 0 Å². The minimum Gasteiger partial charge on any atom is -0.462 e. The molecule has 3 atom stereocenters. The van der Waals surface area contributed by atoms with Crippen LogP contribution >= 0.6 is 7.82 Å². The summed E-state index contributed by atoms with van der Waals surface area (Å²) in [5.74, 6) is -1.59. The number of unbranched alkanes of at least 4 members (excludes halogenated alkanes) is 18. The molecule has 0 radical (unpaired) electrons. The molecule has 0 spiro atoms. The number of allylic oxidation sites excluding steroid dienone is 20. The van der Waals surface area contributed by atoms with Crippen LogP contribution in [0.15, 0.2) is 122 Å². The summed E-state index contributed by atoms with van der Waals surface area (Å²) in [5.41, 5.74) is 0. The summed E-state index contributed by atoms with van der Waals surface area (Å²) < 4.78 is 39.5. The molecule has 0 aromatic rings. The van der Waals surface area contributed by atoms with Gasteiger partial charge in [0, 0.05) is 19.3 Å². The first-order valence-electron chi connectivity index (χ1n) is 30.4. The third-order valence-electron chi connectivity index (χ3n) is 12.3. The third kappa shape index (κ3) is 56.6. The van der Waals surface area contributed by atoms with E-state index in [2.05, 4.69) is 130 Å². The van der Waals surface area contributed by atoms with Crippen molar-refractivity contribution in [3.8, 4) is 0 Å². The molecule has 0 aliphatic carbocycles. The Balaban J connectivity index is 4.85. The summed E-state index contributed by atoms with van der Waals surface area (Å²) in [6.45, 7) is 4.34. The second-order valence-corrected chi connectivity index (χ2v) is 21.2. The van der Waals surface area contributed by atoms with E-state index in [9.17, 15) is 28.9 Å². The van der Waals surface area contributed by atoms with Crippen molar-refractivity contribution in [2.24, 2.45) is 0 Å². The molecule has 0 aliphatic rings. The number of hydrogen-bond donors (Lipinski definition) is 2. The van der Waals surface area contributed by atoms with Crippen molar-refractivity contribution >= 4 is 25.7 Å². The van der Waals surface area contributed by atoms with Crippen molar-refractivity contribution in [3.05, 3.63) is 122 Å².